The van der Waals surface area contributed by atoms with Gasteiger partial charge in [-0.3, -0.25) is 4.90 Å². The Morgan fingerprint density at radius 1 is 1.12 bits per heavy atom. The summed E-state index contributed by atoms with van der Waals surface area (Å²) >= 11 is 0. The van der Waals surface area contributed by atoms with Crippen LogP contribution >= 0.6 is 0 Å². The second kappa shape index (κ2) is 8.30. The van der Waals surface area contributed by atoms with Crippen LogP contribution < -0.4 is 5.73 Å². The first-order chi connectivity index (χ1) is 12.5. The molecule has 0 saturated carbocycles. The van der Waals surface area contributed by atoms with Gasteiger partial charge in [0.05, 0.1) is 17.9 Å². The van der Waals surface area contributed by atoms with Gasteiger partial charge >= 0.3 is 0 Å². The van der Waals surface area contributed by atoms with E-state index in [4.69, 9.17) is 15.9 Å². The maximum atomic E-state index is 8.18. The van der Waals surface area contributed by atoms with Crippen LogP contribution in [0.4, 0.5) is 5.69 Å². The summed E-state index contributed by atoms with van der Waals surface area (Å²) in [5.74, 6) is 0. The lowest BCUT2D eigenvalue weighted by Gasteiger charge is -2.35. The second-order valence-corrected chi connectivity index (χ2v) is 7.03. The molecule has 26 heavy (non-hydrogen) atoms. The fourth-order valence-corrected chi connectivity index (χ4v) is 3.42. The quantitative estimate of drug-likeness (QED) is 0.634. The van der Waals surface area contributed by atoms with Gasteiger partial charge in [0, 0.05) is 30.9 Å². The lowest BCUT2D eigenvalue weighted by Crippen LogP contribution is -2.44. The smallest absolute Gasteiger partial charge is 0.0678 e. The summed E-state index contributed by atoms with van der Waals surface area (Å²) in [6.45, 7) is 7.15. The lowest BCUT2D eigenvalue weighted by atomic mass is 10.1. The Kier molecular flexibility index (Phi) is 5.86. The summed E-state index contributed by atoms with van der Waals surface area (Å²) in [4.78, 5) is 2.44. The molecule has 0 aromatic heterocycles. The number of nitrogen functional groups attached to an aromatic ring is 1. The summed E-state index contributed by atoms with van der Waals surface area (Å²) in [5.41, 5.74) is 10.1. The number of ether oxygens (including phenoxy) is 1. The number of nitrogens with one attached hydrogen (secondary N) is 1. The largest absolute Gasteiger partial charge is 0.398 e. The van der Waals surface area contributed by atoms with Crippen LogP contribution in [0.25, 0.3) is 6.08 Å². The Bertz CT molecular complexity index is 772. The van der Waals surface area contributed by atoms with Crippen molar-refractivity contribution in [1.82, 2.24) is 4.90 Å². The van der Waals surface area contributed by atoms with Crippen LogP contribution in [-0.2, 0) is 11.3 Å². The third-order valence-electron chi connectivity index (χ3n) is 4.57. The van der Waals surface area contributed by atoms with Crippen LogP contribution in [0.5, 0.6) is 0 Å². The van der Waals surface area contributed by atoms with E-state index in [2.05, 4.69) is 43.0 Å². The fraction of sp³-hybridized carbons (Fsp3) is 0.318. The number of para-hydroxylation sites is 1. The third kappa shape index (κ3) is 4.81. The minimum absolute atomic E-state index is 0.289. The molecule has 3 N–H and O–H groups in total. The maximum absolute atomic E-state index is 8.18. The minimum Gasteiger partial charge on any atom is -0.398 e. The predicted octanol–water partition coefficient (Wildman–Crippen LogP) is 3.96. The van der Waals surface area contributed by atoms with E-state index in [1.807, 2.05) is 30.3 Å². The molecule has 1 saturated heterocycles. The molecular weight excluding hydrogens is 322 g/mol. The van der Waals surface area contributed by atoms with E-state index in [9.17, 15) is 0 Å². The van der Waals surface area contributed by atoms with Crippen LogP contribution in [0, 0.1) is 5.41 Å². The number of anilines is 1. The molecule has 4 nitrogen and oxygen atoms in total. The first kappa shape index (κ1) is 18.4. The zero-order valence-electron chi connectivity index (χ0n) is 15.5. The molecule has 0 aliphatic carbocycles. The van der Waals surface area contributed by atoms with Gasteiger partial charge in [0.1, 0.15) is 0 Å². The maximum Gasteiger partial charge on any atom is 0.0678 e. The topological polar surface area (TPSA) is 62.3 Å². The molecule has 0 radical (unpaired) electrons. The molecule has 3 rings (SSSR count). The Balaban J connectivity index is 1.61. The number of benzene rings is 2. The highest BCUT2D eigenvalue weighted by Crippen LogP contribution is 2.16. The first-order valence-electron chi connectivity index (χ1n) is 9.09. The monoisotopic (exact) mass is 349 g/mol. The van der Waals surface area contributed by atoms with Crippen LogP contribution in [0.1, 0.15) is 30.5 Å². The van der Waals surface area contributed by atoms with E-state index < -0.39 is 0 Å². The molecule has 2 unspecified atom stereocenters. The van der Waals surface area contributed by atoms with Crippen molar-refractivity contribution in [2.45, 2.75) is 32.6 Å². The first-order valence-corrected chi connectivity index (χ1v) is 9.09. The SMILES string of the molecule is CC1CN(Cc2ccc(/C=C/C(=N)c3ccccc3N)cc2)CC(C)O1. The molecule has 0 bridgehead atoms. The average molecular weight is 349 g/mol. The van der Waals surface area contributed by atoms with E-state index in [0.29, 0.717) is 11.4 Å². The van der Waals surface area contributed by atoms with Crippen molar-refractivity contribution in [3.8, 4) is 0 Å². The zero-order valence-corrected chi connectivity index (χ0v) is 15.5. The summed E-state index contributed by atoms with van der Waals surface area (Å²) in [6, 6.07) is 16.0. The highest BCUT2D eigenvalue weighted by molar-refractivity contribution is 6.11. The van der Waals surface area contributed by atoms with Crippen molar-refractivity contribution < 1.29 is 4.74 Å². The van der Waals surface area contributed by atoms with Gasteiger partial charge in [0.2, 0.25) is 0 Å². The highest BCUT2D eigenvalue weighted by Gasteiger charge is 2.21. The van der Waals surface area contributed by atoms with E-state index in [1.54, 1.807) is 6.08 Å². The van der Waals surface area contributed by atoms with Crippen LogP contribution in [-0.4, -0.2) is 35.9 Å². The molecule has 1 aliphatic heterocycles. The van der Waals surface area contributed by atoms with E-state index >= 15 is 0 Å². The molecule has 0 spiro atoms. The molecule has 136 valence electrons. The molecule has 2 atom stereocenters. The van der Waals surface area contributed by atoms with Crippen molar-refractivity contribution in [2.24, 2.45) is 0 Å². The summed E-state index contributed by atoms with van der Waals surface area (Å²) in [7, 11) is 0. The number of hydrogen-bond acceptors (Lipinski definition) is 4. The van der Waals surface area contributed by atoms with E-state index in [-0.39, 0.29) is 12.2 Å². The minimum atomic E-state index is 0.289. The molecule has 0 amide bonds. The number of nitrogens with zero attached hydrogens (tertiary/aromatic N) is 1. The van der Waals surface area contributed by atoms with Gasteiger partial charge in [-0.25, -0.2) is 0 Å². The molecule has 1 aliphatic rings. The van der Waals surface area contributed by atoms with Crippen molar-refractivity contribution in [2.75, 3.05) is 18.8 Å². The van der Waals surface area contributed by atoms with Crippen molar-refractivity contribution in [3.63, 3.8) is 0 Å². The average Bonchev–Trinajstić information content (AvgIpc) is 2.60. The number of hydrogen-bond donors (Lipinski definition) is 2. The van der Waals surface area contributed by atoms with Crippen molar-refractivity contribution >= 4 is 17.5 Å². The predicted molar refractivity (Wildman–Crippen MR) is 108 cm³/mol. The zero-order chi connectivity index (χ0) is 18.5. The van der Waals surface area contributed by atoms with Gasteiger partial charge in [-0.15, -0.1) is 0 Å². The Hall–Kier alpha value is -2.43. The van der Waals surface area contributed by atoms with Gasteiger partial charge < -0.3 is 15.9 Å². The van der Waals surface area contributed by atoms with Crippen LogP contribution in [0.15, 0.2) is 54.6 Å². The molecule has 1 fully saturated rings. The van der Waals surface area contributed by atoms with Gasteiger partial charge in [-0.1, -0.05) is 48.5 Å². The second-order valence-electron chi connectivity index (χ2n) is 7.03. The summed E-state index contributed by atoms with van der Waals surface area (Å²) in [6.07, 6.45) is 4.33. The Morgan fingerprint density at radius 3 is 2.42 bits per heavy atom. The number of rotatable bonds is 5. The third-order valence-corrected chi connectivity index (χ3v) is 4.57. The molecular formula is C22H27N3O. The normalized spacial score (nSPS) is 21.2. The van der Waals surface area contributed by atoms with Gasteiger partial charge in [-0.05, 0) is 37.1 Å². The molecule has 2 aromatic carbocycles. The molecule has 2 aromatic rings. The van der Waals surface area contributed by atoms with Crippen LogP contribution in [0.2, 0.25) is 0 Å². The van der Waals surface area contributed by atoms with Crippen molar-refractivity contribution in [1.29, 1.82) is 5.41 Å². The van der Waals surface area contributed by atoms with E-state index in [1.165, 1.54) is 5.56 Å². The standard InChI is InChI=1S/C22H27N3O/c1-16-13-25(14-17(2)26-16)15-19-9-7-18(8-10-19)11-12-22(24)20-5-3-4-6-21(20)23/h3-12,16-17,24H,13-15,23H2,1-2H3/b12-11+,24-22?. The number of morpholine rings is 1. The summed E-state index contributed by atoms with van der Waals surface area (Å²) in [5, 5.41) is 8.18. The number of allylic oxidation sites excluding steroid dienone is 1. The van der Waals surface area contributed by atoms with Gasteiger partial charge in [0.15, 0.2) is 0 Å². The van der Waals surface area contributed by atoms with E-state index in [0.717, 1.165) is 30.8 Å². The molecule has 4 heteroatoms. The Morgan fingerprint density at radius 2 is 1.77 bits per heavy atom. The Labute approximate surface area is 155 Å². The van der Waals surface area contributed by atoms with Crippen LogP contribution in [0.3, 0.4) is 0 Å². The number of nitrogens with two attached hydrogens (primary N) is 1. The van der Waals surface area contributed by atoms with Gasteiger partial charge in [-0.2, -0.15) is 0 Å². The summed E-state index contributed by atoms with van der Waals surface area (Å²) < 4.78 is 5.79. The highest BCUT2D eigenvalue weighted by atomic mass is 16.5. The lowest BCUT2D eigenvalue weighted by molar-refractivity contribution is -0.0704. The molecule has 1 heterocycles. The fourth-order valence-electron chi connectivity index (χ4n) is 3.42. The van der Waals surface area contributed by atoms with Gasteiger partial charge in [0.25, 0.3) is 0 Å². The van der Waals surface area contributed by atoms with Crippen molar-refractivity contribution in [3.05, 3.63) is 71.3 Å².